The Morgan fingerprint density at radius 3 is 2.17 bits per heavy atom. The van der Waals surface area contributed by atoms with Gasteiger partial charge >= 0.3 is 11.9 Å². The van der Waals surface area contributed by atoms with Crippen LogP contribution in [0.2, 0.25) is 0 Å². The van der Waals surface area contributed by atoms with Gasteiger partial charge in [0.15, 0.2) is 11.6 Å². The fourth-order valence-corrected chi connectivity index (χ4v) is 5.24. The Bertz CT molecular complexity index is 1510. The van der Waals surface area contributed by atoms with Crippen molar-refractivity contribution in [2.75, 3.05) is 40.5 Å². The van der Waals surface area contributed by atoms with Gasteiger partial charge in [0.1, 0.15) is 11.5 Å². The fraction of sp³-hybridized carbons (Fsp3) is 0.447. The van der Waals surface area contributed by atoms with Crippen LogP contribution in [0.15, 0.2) is 54.6 Å². The van der Waals surface area contributed by atoms with E-state index in [0.29, 0.717) is 61.7 Å². The minimum absolute atomic E-state index is 0.194. The molecule has 0 aliphatic carbocycles. The van der Waals surface area contributed by atoms with Gasteiger partial charge in [0, 0.05) is 32.5 Å². The van der Waals surface area contributed by atoms with Gasteiger partial charge in [0.2, 0.25) is 0 Å². The van der Waals surface area contributed by atoms with Crippen LogP contribution in [0.4, 0.5) is 4.39 Å². The summed E-state index contributed by atoms with van der Waals surface area (Å²) < 4.78 is 35.9. The standard InChI is InChI=1S/C38H48FNO8/c1-5-45-36(42)16-12-22-48-35-15-11-14-27(32(35)18-20-37(43)46-6-2)13-9-7-8-10-21-47-31-24-29(23-30(25-31)38(44)40(3)4)28-17-19-33(39)34(41)26-28/h11,14-15,17,19,23-26,41H,5-10,12-13,16,18,20-22H2,1-4H3. The molecule has 260 valence electrons. The predicted molar refractivity (Wildman–Crippen MR) is 182 cm³/mol. The number of hydrogen-bond donors (Lipinski definition) is 1. The van der Waals surface area contributed by atoms with Crippen LogP contribution in [-0.2, 0) is 31.9 Å². The van der Waals surface area contributed by atoms with E-state index in [-0.39, 0.29) is 30.7 Å². The number of esters is 2. The van der Waals surface area contributed by atoms with Gasteiger partial charge in [-0.1, -0.05) is 31.0 Å². The maximum absolute atomic E-state index is 13.7. The molecule has 0 aromatic heterocycles. The number of aromatic hydroxyl groups is 1. The molecule has 3 aromatic rings. The summed E-state index contributed by atoms with van der Waals surface area (Å²) in [5.41, 5.74) is 3.75. The van der Waals surface area contributed by atoms with Crippen molar-refractivity contribution in [3.05, 3.63) is 77.1 Å². The van der Waals surface area contributed by atoms with Gasteiger partial charge < -0.3 is 29.0 Å². The van der Waals surface area contributed by atoms with E-state index in [0.717, 1.165) is 49.0 Å². The van der Waals surface area contributed by atoms with Crippen molar-refractivity contribution in [3.63, 3.8) is 0 Å². The molecule has 1 N–H and O–H groups in total. The number of phenolic OH excluding ortho intramolecular Hbond substituents is 1. The zero-order valence-electron chi connectivity index (χ0n) is 28.5. The van der Waals surface area contributed by atoms with E-state index in [1.807, 2.05) is 12.1 Å². The number of aryl methyl sites for hydroxylation is 1. The molecule has 0 spiro atoms. The van der Waals surface area contributed by atoms with Crippen LogP contribution in [0.1, 0.15) is 80.3 Å². The number of ether oxygens (including phenoxy) is 4. The van der Waals surface area contributed by atoms with Crippen molar-refractivity contribution >= 4 is 17.8 Å². The molecular formula is C38H48FNO8. The van der Waals surface area contributed by atoms with E-state index in [2.05, 4.69) is 6.07 Å². The maximum Gasteiger partial charge on any atom is 0.306 e. The Morgan fingerprint density at radius 1 is 0.750 bits per heavy atom. The molecule has 0 bridgehead atoms. The van der Waals surface area contributed by atoms with Gasteiger partial charge in [-0.25, -0.2) is 4.39 Å². The fourth-order valence-electron chi connectivity index (χ4n) is 5.24. The van der Waals surface area contributed by atoms with Crippen molar-refractivity contribution in [2.24, 2.45) is 0 Å². The number of halogens is 1. The van der Waals surface area contributed by atoms with Crippen molar-refractivity contribution in [1.29, 1.82) is 0 Å². The summed E-state index contributed by atoms with van der Waals surface area (Å²) >= 11 is 0. The molecule has 0 saturated carbocycles. The summed E-state index contributed by atoms with van der Waals surface area (Å²) in [6, 6.07) is 15.2. The number of unbranched alkanes of at least 4 members (excludes halogenated alkanes) is 3. The summed E-state index contributed by atoms with van der Waals surface area (Å²) in [5, 5.41) is 9.87. The Hall–Kier alpha value is -4.60. The van der Waals surface area contributed by atoms with E-state index in [1.54, 1.807) is 52.2 Å². The molecule has 10 heteroatoms. The van der Waals surface area contributed by atoms with Gasteiger partial charge in [-0.15, -0.1) is 0 Å². The number of carbonyl (C=O) groups is 3. The highest BCUT2D eigenvalue weighted by Crippen LogP contribution is 2.31. The van der Waals surface area contributed by atoms with Crippen molar-refractivity contribution in [1.82, 2.24) is 4.90 Å². The van der Waals surface area contributed by atoms with Gasteiger partial charge in [0.25, 0.3) is 5.91 Å². The molecule has 0 saturated heterocycles. The Balaban J connectivity index is 1.56. The molecule has 48 heavy (non-hydrogen) atoms. The highest BCUT2D eigenvalue weighted by Gasteiger charge is 2.15. The second kappa shape index (κ2) is 19.9. The Morgan fingerprint density at radius 2 is 1.46 bits per heavy atom. The molecule has 0 atom stereocenters. The summed E-state index contributed by atoms with van der Waals surface area (Å²) in [4.78, 5) is 38.0. The molecule has 0 fully saturated rings. The minimum Gasteiger partial charge on any atom is -0.505 e. The summed E-state index contributed by atoms with van der Waals surface area (Å²) in [5.74, 6) is -0.623. The zero-order chi connectivity index (χ0) is 34.9. The third-order valence-electron chi connectivity index (χ3n) is 7.65. The number of hydrogen-bond acceptors (Lipinski definition) is 8. The van der Waals surface area contributed by atoms with Crippen LogP contribution in [0, 0.1) is 5.82 Å². The van der Waals surface area contributed by atoms with Gasteiger partial charge in [0.05, 0.1) is 26.4 Å². The first-order valence-corrected chi connectivity index (χ1v) is 16.7. The molecule has 3 aromatic carbocycles. The lowest BCUT2D eigenvalue weighted by atomic mass is 9.96. The molecule has 9 nitrogen and oxygen atoms in total. The molecule has 1 amide bonds. The maximum atomic E-state index is 13.7. The molecular weight excluding hydrogens is 617 g/mol. The third-order valence-corrected chi connectivity index (χ3v) is 7.65. The van der Waals surface area contributed by atoms with Crippen LogP contribution < -0.4 is 9.47 Å². The van der Waals surface area contributed by atoms with Crippen LogP contribution in [-0.4, -0.2) is 68.4 Å². The molecule has 0 unspecified atom stereocenters. The number of phenols is 1. The summed E-state index contributed by atoms with van der Waals surface area (Å²) in [6.07, 6.45) is 6.04. The third kappa shape index (κ3) is 12.2. The average Bonchev–Trinajstić information content (AvgIpc) is 3.06. The molecule has 0 radical (unpaired) electrons. The Kier molecular flexibility index (Phi) is 15.7. The Labute approximate surface area is 283 Å². The SMILES string of the molecule is CCOC(=O)CCCOc1cccc(CCCCCCOc2cc(C(=O)N(C)C)cc(-c3ccc(F)c(O)c3)c2)c1CCC(=O)OCC. The van der Waals surface area contributed by atoms with Gasteiger partial charge in [-0.2, -0.15) is 0 Å². The molecule has 0 aliphatic rings. The van der Waals surface area contributed by atoms with Gasteiger partial charge in [-0.05, 0) is 105 Å². The number of amides is 1. The largest absolute Gasteiger partial charge is 0.505 e. The van der Waals surface area contributed by atoms with E-state index in [4.69, 9.17) is 18.9 Å². The normalized spacial score (nSPS) is 10.8. The second-order valence-electron chi connectivity index (χ2n) is 11.6. The smallest absolute Gasteiger partial charge is 0.306 e. The van der Waals surface area contributed by atoms with E-state index < -0.39 is 11.6 Å². The van der Waals surface area contributed by atoms with Gasteiger partial charge in [-0.3, -0.25) is 14.4 Å². The monoisotopic (exact) mass is 665 g/mol. The van der Waals surface area contributed by atoms with Crippen LogP contribution in [0.5, 0.6) is 17.2 Å². The van der Waals surface area contributed by atoms with E-state index >= 15 is 0 Å². The van der Waals surface area contributed by atoms with E-state index in [9.17, 15) is 23.9 Å². The minimum atomic E-state index is -0.715. The van der Waals surface area contributed by atoms with Crippen LogP contribution in [0.3, 0.4) is 0 Å². The second-order valence-corrected chi connectivity index (χ2v) is 11.6. The lowest BCUT2D eigenvalue weighted by Crippen LogP contribution is -2.21. The number of benzene rings is 3. The summed E-state index contributed by atoms with van der Waals surface area (Å²) in [6.45, 7) is 5.08. The van der Waals surface area contributed by atoms with Crippen LogP contribution in [0.25, 0.3) is 11.1 Å². The van der Waals surface area contributed by atoms with E-state index in [1.165, 1.54) is 17.0 Å². The van der Waals surface area contributed by atoms with Crippen molar-refractivity contribution < 1.29 is 42.8 Å². The zero-order valence-corrected chi connectivity index (χ0v) is 28.5. The quantitative estimate of drug-likeness (QED) is 0.0989. The summed E-state index contributed by atoms with van der Waals surface area (Å²) in [7, 11) is 3.33. The number of nitrogens with zero attached hydrogens (tertiary/aromatic N) is 1. The first-order chi connectivity index (χ1) is 23.1. The number of rotatable bonds is 20. The van der Waals surface area contributed by atoms with Crippen molar-refractivity contribution in [2.45, 2.75) is 71.6 Å². The highest BCUT2D eigenvalue weighted by atomic mass is 19.1. The molecule has 0 heterocycles. The predicted octanol–water partition coefficient (Wildman–Crippen LogP) is 7.30. The highest BCUT2D eigenvalue weighted by molar-refractivity contribution is 5.95. The molecule has 3 rings (SSSR count). The van der Waals surface area contributed by atoms with Crippen molar-refractivity contribution in [3.8, 4) is 28.4 Å². The van der Waals surface area contributed by atoms with Crippen LogP contribution >= 0.6 is 0 Å². The lowest BCUT2D eigenvalue weighted by molar-refractivity contribution is -0.144. The topological polar surface area (TPSA) is 112 Å². The average molecular weight is 666 g/mol. The first-order valence-electron chi connectivity index (χ1n) is 16.7. The first kappa shape index (κ1) is 37.9. The molecule has 0 aliphatic heterocycles. The lowest BCUT2D eigenvalue weighted by Gasteiger charge is -2.16. The number of carbonyl (C=O) groups excluding carboxylic acids is 3.